The quantitative estimate of drug-likeness (QED) is 0.400. The van der Waals surface area contributed by atoms with Crippen molar-refractivity contribution >= 4 is 23.9 Å². The molecule has 118 valence electrons. The van der Waals surface area contributed by atoms with E-state index in [-0.39, 0.29) is 11.3 Å². The van der Waals surface area contributed by atoms with Crippen molar-refractivity contribution in [3.05, 3.63) is 29.8 Å². The lowest BCUT2D eigenvalue weighted by Gasteiger charge is -2.20. The predicted molar refractivity (Wildman–Crippen MR) is 68.5 cm³/mol. The van der Waals surface area contributed by atoms with Crippen molar-refractivity contribution < 1.29 is 44.3 Å². The maximum Gasteiger partial charge on any atom is 0.339 e. The molecule has 0 bridgehead atoms. The summed E-state index contributed by atoms with van der Waals surface area (Å²) < 4.78 is 4.70. The van der Waals surface area contributed by atoms with Gasteiger partial charge in [-0.2, -0.15) is 0 Å². The molecule has 1 unspecified atom stereocenters. The summed E-state index contributed by atoms with van der Waals surface area (Å²) >= 11 is 0. The summed E-state index contributed by atoms with van der Waals surface area (Å²) in [4.78, 5) is 44.0. The summed E-state index contributed by atoms with van der Waals surface area (Å²) in [7, 11) is 0. The van der Waals surface area contributed by atoms with Crippen LogP contribution < -0.4 is 4.74 Å². The lowest BCUT2D eigenvalue weighted by Crippen LogP contribution is -2.43. The summed E-state index contributed by atoms with van der Waals surface area (Å²) in [6.07, 6.45) is -2.36. The highest BCUT2D eigenvalue weighted by atomic mass is 16.5. The highest BCUT2D eigenvalue weighted by molar-refractivity contribution is 5.93. The van der Waals surface area contributed by atoms with E-state index in [0.29, 0.717) is 0 Å². The zero-order valence-electron chi connectivity index (χ0n) is 11.1. The van der Waals surface area contributed by atoms with Crippen LogP contribution in [0.25, 0.3) is 0 Å². The number of hydrogen-bond donors (Lipinski definition) is 4. The van der Waals surface area contributed by atoms with Crippen molar-refractivity contribution in [3.8, 4) is 5.75 Å². The van der Waals surface area contributed by atoms with E-state index in [1.165, 1.54) is 18.2 Å². The van der Waals surface area contributed by atoms with Crippen LogP contribution in [0.2, 0.25) is 0 Å². The fraction of sp³-hybridized carbons (Fsp3) is 0.231. The molecule has 0 saturated heterocycles. The Kier molecular flexibility index (Phi) is 5.19. The smallest absolute Gasteiger partial charge is 0.339 e. The van der Waals surface area contributed by atoms with Crippen molar-refractivity contribution in [1.29, 1.82) is 0 Å². The van der Waals surface area contributed by atoms with Gasteiger partial charge in [-0.3, -0.25) is 9.59 Å². The number of aromatic carboxylic acids is 1. The first-order chi connectivity index (χ1) is 10.2. The van der Waals surface area contributed by atoms with E-state index in [2.05, 4.69) is 0 Å². The third-order valence-corrected chi connectivity index (χ3v) is 2.62. The Morgan fingerprint density at radius 1 is 1.00 bits per heavy atom. The molecule has 4 N–H and O–H groups in total. The Balaban J connectivity index is 2.92. The molecule has 0 aromatic heterocycles. The molecule has 0 aliphatic carbocycles. The highest BCUT2D eigenvalue weighted by Gasteiger charge is 2.41. The monoisotopic (exact) mass is 312 g/mol. The third kappa shape index (κ3) is 4.28. The fourth-order valence-corrected chi connectivity index (χ4v) is 1.59. The Hall–Kier alpha value is -2.94. The van der Waals surface area contributed by atoms with Gasteiger partial charge in [0.2, 0.25) is 0 Å². The van der Waals surface area contributed by atoms with Gasteiger partial charge in [0.15, 0.2) is 5.60 Å². The molecule has 0 aliphatic heterocycles. The number of carbonyl (C=O) groups is 4. The van der Waals surface area contributed by atoms with E-state index < -0.39 is 42.3 Å². The number of aliphatic carboxylic acids is 2. The Bertz CT molecular complexity index is 622. The van der Waals surface area contributed by atoms with Crippen molar-refractivity contribution in [3.63, 3.8) is 0 Å². The maximum absolute atomic E-state index is 11.7. The number of carboxylic acid groups (broad SMARTS) is 3. The normalized spacial score (nSPS) is 13.0. The van der Waals surface area contributed by atoms with Gasteiger partial charge in [0.25, 0.3) is 0 Å². The maximum atomic E-state index is 11.7. The molecule has 1 atom stereocenters. The lowest BCUT2D eigenvalue weighted by molar-refractivity contribution is -0.169. The molecular weight excluding hydrogens is 300 g/mol. The molecule has 0 aliphatic rings. The number of rotatable bonds is 7. The second-order valence-electron chi connectivity index (χ2n) is 4.36. The van der Waals surface area contributed by atoms with Crippen molar-refractivity contribution in [2.75, 3.05) is 0 Å². The van der Waals surface area contributed by atoms with Crippen molar-refractivity contribution in [2.45, 2.75) is 18.4 Å². The molecule has 0 radical (unpaired) electrons. The summed E-state index contributed by atoms with van der Waals surface area (Å²) in [6, 6.07) is 5.10. The number of ether oxygens (including phenoxy) is 1. The summed E-state index contributed by atoms with van der Waals surface area (Å²) in [5, 5.41) is 36.0. The summed E-state index contributed by atoms with van der Waals surface area (Å²) in [6.45, 7) is 0. The van der Waals surface area contributed by atoms with Crippen LogP contribution in [0.1, 0.15) is 23.2 Å². The van der Waals surface area contributed by atoms with E-state index >= 15 is 0 Å². The van der Waals surface area contributed by atoms with Crippen LogP contribution >= 0.6 is 0 Å². The van der Waals surface area contributed by atoms with Gasteiger partial charge in [0, 0.05) is 0 Å². The number of hydrogen-bond acceptors (Lipinski definition) is 6. The van der Waals surface area contributed by atoms with Gasteiger partial charge in [0.1, 0.15) is 11.3 Å². The first-order valence-electron chi connectivity index (χ1n) is 5.86. The van der Waals surface area contributed by atoms with Crippen molar-refractivity contribution in [2.24, 2.45) is 0 Å². The van der Waals surface area contributed by atoms with Gasteiger partial charge in [-0.05, 0) is 12.1 Å². The lowest BCUT2D eigenvalue weighted by atomic mass is 9.96. The molecule has 9 nitrogen and oxygen atoms in total. The molecule has 0 fully saturated rings. The van der Waals surface area contributed by atoms with Crippen LogP contribution in [0, 0.1) is 0 Å². The van der Waals surface area contributed by atoms with Gasteiger partial charge in [-0.25, -0.2) is 9.59 Å². The van der Waals surface area contributed by atoms with E-state index in [9.17, 15) is 24.3 Å². The number of carboxylic acids is 3. The zero-order chi connectivity index (χ0) is 16.9. The van der Waals surface area contributed by atoms with Crippen LogP contribution in [-0.2, 0) is 14.4 Å². The molecule has 9 heteroatoms. The number of para-hydroxylation sites is 1. The number of benzene rings is 1. The fourth-order valence-electron chi connectivity index (χ4n) is 1.59. The van der Waals surface area contributed by atoms with Gasteiger partial charge in [-0.1, -0.05) is 12.1 Å². The topological polar surface area (TPSA) is 158 Å². The van der Waals surface area contributed by atoms with Crippen LogP contribution in [0.15, 0.2) is 24.3 Å². The van der Waals surface area contributed by atoms with Gasteiger partial charge >= 0.3 is 23.9 Å². The molecule has 1 aromatic carbocycles. The minimum atomic E-state index is -2.85. The molecular formula is C13H12O9. The van der Waals surface area contributed by atoms with E-state index in [1.807, 2.05) is 0 Å². The molecule has 0 saturated carbocycles. The average molecular weight is 312 g/mol. The second kappa shape index (κ2) is 6.68. The molecule has 1 rings (SSSR count). The van der Waals surface area contributed by atoms with Gasteiger partial charge in [0.05, 0.1) is 12.8 Å². The molecule has 0 amide bonds. The molecule has 1 aromatic rings. The molecule has 22 heavy (non-hydrogen) atoms. The average Bonchev–Trinajstić information content (AvgIpc) is 2.37. The van der Waals surface area contributed by atoms with Crippen LogP contribution in [0.5, 0.6) is 5.75 Å². The van der Waals surface area contributed by atoms with E-state index in [4.69, 9.17) is 20.1 Å². The SMILES string of the molecule is O=C(O)CC(O)(CC(=O)Oc1ccccc1C(=O)O)C(=O)O. The highest BCUT2D eigenvalue weighted by Crippen LogP contribution is 2.21. The third-order valence-electron chi connectivity index (χ3n) is 2.62. The predicted octanol–water partition coefficient (Wildman–Crippen LogP) is -0.0293. The number of esters is 1. The van der Waals surface area contributed by atoms with E-state index in [0.717, 1.165) is 6.07 Å². The number of aliphatic hydroxyl groups is 1. The van der Waals surface area contributed by atoms with Gasteiger partial charge < -0.3 is 25.2 Å². The Labute approximate surface area is 123 Å². The number of carbonyl (C=O) groups excluding carboxylic acids is 1. The van der Waals surface area contributed by atoms with E-state index in [1.54, 1.807) is 0 Å². The summed E-state index contributed by atoms with van der Waals surface area (Å²) in [5.74, 6) is -6.52. The van der Waals surface area contributed by atoms with Crippen LogP contribution in [-0.4, -0.2) is 49.9 Å². The van der Waals surface area contributed by atoms with Crippen LogP contribution in [0.4, 0.5) is 0 Å². The Morgan fingerprint density at radius 3 is 2.09 bits per heavy atom. The minimum Gasteiger partial charge on any atom is -0.481 e. The zero-order valence-corrected chi connectivity index (χ0v) is 11.1. The standard InChI is InChI=1S/C13H12O9/c14-9(15)5-13(21,12(19)20)6-10(16)22-8-4-2-1-3-7(8)11(17)18/h1-4,21H,5-6H2,(H,14,15)(H,17,18)(H,19,20). The second-order valence-corrected chi connectivity index (χ2v) is 4.36. The molecule has 0 spiro atoms. The van der Waals surface area contributed by atoms with Crippen molar-refractivity contribution in [1.82, 2.24) is 0 Å². The summed E-state index contributed by atoms with van der Waals surface area (Å²) in [5.41, 5.74) is -3.19. The Morgan fingerprint density at radius 2 is 1.59 bits per heavy atom. The van der Waals surface area contributed by atoms with Gasteiger partial charge in [-0.15, -0.1) is 0 Å². The largest absolute Gasteiger partial charge is 0.481 e. The first kappa shape index (κ1) is 17.1. The minimum absolute atomic E-state index is 0.340. The first-order valence-corrected chi connectivity index (χ1v) is 5.86. The van der Waals surface area contributed by atoms with Crippen LogP contribution in [0.3, 0.4) is 0 Å². The molecule has 0 heterocycles.